The Kier molecular flexibility index (Phi) is 6.52. The zero-order valence-electron chi connectivity index (χ0n) is 18.2. The van der Waals surface area contributed by atoms with Crippen molar-refractivity contribution in [2.24, 2.45) is 7.05 Å². The van der Waals surface area contributed by atoms with Gasteiger partial charge in [0.05, 0.1) is 23.7 Å². The van der Waals surface area contributed by atoms with Crippen molar-refractivity contribution in [3.63, 3.8) is 0 Å². The molecule has 0 aliphatic carbocycles. The lowest BCUT2D eigenvalue weighted by Gasteiger charge is -2.13. The molecule has 0 bridgehead atoms. The normalized spacial score (nSPS) is 14.4. The molecule has 0 radical (unpaired) electrons. The SMILES string of the molecule is CCOC(=O)c1c(NC(=O)c2ccc(OCc3nccn3C)cc2)sc2c1CCS(=O)(=O)C2. The number of imidazole rings is 1. The van der Waals surface area contributed by atoms with E-state index in [1.54, 1.807) is 37.4 Å². The summed E-state index contributed by atoms with van der Waals surface area (Å²) in [6.07, 6.45) is 3.74. The van der Waals surface area contributed by atoms with Crippen LogP contribution in [0.4, 0.5) is 5.00 Å². The molecule has 1 N–H and O–H groups in total. The molecule has 9 nitrogen and oxygen atoms in total. The van der Waals surface area contributed by atoms with Gasteiger partial charge in [-0.05, 0) is 43.2 Å². The number of sulfone groups is 1. The van der Waals surface area contributed by atoms with Crippen molar-refractivity contribution in [1.82, 2.24) is 9.55 Å². The van der Waals surface area contributed by atoms with Crippen molar-refractivity contribution >= 4 is 38.1 Å². The van der Waals surface area contributed by atoms with Crippen molar-refractivity contribution in [1.29, 1.82) is 0 Å². The summed E-state index contributed by atoms with van der Waals surface area (Å²) in [6.45, 7) is 2.16. The van der Waals surface area contributed by atoms with Crippen LogP contribution in [-0.4, -0.2) is 42.2 Å². The Morgan fingerprint density at radius 2 is 2.00 bits per heavy atom. The fourth-order valence-electron chi connectivity index (χ4n) is 3.49. The van der Waals surface area contributed by atoms with Crippen LogP contribution >= 0.6 is 11.3 Å². The maximum Gasteiger partial charge on any atom is 0.341 e. The zero-order chi connectivity index (χ0) is 23.6. The van der Waals surface area contributed by atoms with Crippen molar-refractivity contribution in [2.45, 2.75) is 25.7 Å². The van der Waals surface area contributed by atoms with E-state index in [0.29, 0.717) is 33.4 Å². The predicted molar refractivity (Wildman–Crippen MR) is 123 cm³/mol. The minimum Gasteiger partial charge on any atom is -0.486 e. The monoisotopic (exact) mass is 489 g/mol. The molecule has 0 saturated heterocycles. The van der Waals surface area contributed by atoms with E-state index in [2.05, 4.69) is 10.3 Å². The van der Waals surface area contributed by atoms with Crippen molar-refractivity contribution in [3.05, 3.63) is 64.1 Å². The van der Waals surface area contributed by atoms with Gasteiger partial charge in [-0.1, -0.05) is 0 Å². The fourth-order valence-corrected chi connectivity index (χ4v) is 6.52. The highest BCUT2D eigenvalue weighted by Gasteiger charge is 2.32. The second-order valence-electron chi connectivity index (χ2n) is 7.49. The number of nitrogens with one attached hydrogen (secondary N) is 1. The van der Waals surface area contributed by atoms with Gasteiger partial charge < -0.3 is 19.4 Å². The molecule has 1 aromatic carbocycles. The van der Waals surface area contributed by atoms with Gasteiger partial charge in [-0.2, -0.15) is 0 Å². The first-order chi connectivity index (χ1) is 15.8. The van der Waals surface area contributed by atoms with Crippen LogP contribution in [0, 0.1) is 0 Å². The summed E-state index contributed by atoms with van der Waals surface area (Å²) in [5.41, 5.74) is 1.25. The van der Waals surface area contributed by atoms with Crippen LogP contribution in [-0.2, 0) is 40.4 Å². The van der Waals surface area contributed by atoms with E-state index in [0.717, 1.165) is 17.2 Å². The van der Waals surface area contributed by atoms with Crippen LogP contribution < -0.4 is 10.1 Å². The second kappa shape index (κ2) is 9.36. The Hall–Kier alpha value is -3.18. The zero-order valence-corrected chi connectivity index (χ0v) is 19.8. The third-order valence-corrected chi connectivity index (χ3v) is 8.10. The largest absolute Gasteiger partial charge is 0.486 e. The van der Waals surface area contributed by atoms with Crippen LogP contribution in [0.5, 0.6) is 5.75 Å². The molecule has 0 atom stereocenters. The maximum atomic E-state index is 12.9. The summed E-state index contributed by atoms with van der Waals surface area (Å²) in [4.78, 5) is 30.2. The van der Waals surface area contributed by atoms with E-state index in [1.165, 1.54) is 0 Å². The van der Waals surface area contributed by atoms with Crippen molar-refractivity contribution in [3.8, 4) is 5.75 Å². The second-order valence-corrected chi connectivity index (χ2v) is 10.8. The van der Waals surface area contributed by atoms with E-state index < -0.39 is 21.7 Å². The molecular weight excluding hydrogens is 466 g/mol. The summed E-state index contributed by atoms with van der Waals surface area (Å²) in [5.74, 6) is 0.193. The number of aryl methyl sites for hydroxylation is 1. The van der Waals surface area contributed by atoms with Gasteiger partial charge in [-0.15, -0.1) is 11.3 Å². The van der Waals surface area contributed by atoms with E-state index in [4.69, 9.17) is 9.47 Å². The number of carbonyl (C=O) groups excluding carboxylic acids is 2. The Bertz CT molecular complexity index is 1290. The Labute approximate surface area is 195 Å². The number of thiophene rings is 1. The molecule has 1 amide bonds. The van der Waals surface area contributed by atoms with E-state index in [-0.39, 0.29) is 30.1 Å². The highest BCUT2D eigenvalue weighted by molar-refractivity contribution is 7.90. The fraction of sp³-hybridized carbons (Fsp3) is 0.318. The standard InChI is InChI=1S/C22H23N3O6S2/c1-3-30-22(27)19-16-8-11-33(28,29)13-17(16)32-21(19)24-20(26)14-4-6-15(7-5-14)31-12-18-23-9-10-25(18)2/h4-7,9-10H,3,8,11-13H2,1-2H3,(H,24,26). The minimum atomic E-state index is -3.22. The molecule has 1 aliphatic heterocycles. The van der Waals surface area contributed by atoms with E-state index >= 15 is 0 Å². The van der Waals surface area contributed by atoms with Gasteiger partial charge in [-0.25, -0.2) is 18.2 Å². The average molecular weight is 490 g/mol. The molecule has 2 aromatic heterocycles. The van der Waals surface area contributed by atoms with Crippen molar-refractivity contribution < 1.29 is 27.5 Å². The van der Waals surface area contributed by atoms with Crippen LogP contribution in [0.1, 0.15) is 43.9 Å². The van der Waals surface area contributed by atoms with Gasteiger partial charge in [0.1, 0.15) is 23.2 Å². The van der Waals surface area contributed by atoms with Gasteiger partial charge in [0.25, 0.3) is 5.91 Å². The Balaban J connectivity index is 1.51. The van der Waals surface area contributed by atoms with Crippen LogP contribution in [0.2, 0.25) is 0 Å². The minimum absolute atomic E-state index is 0.0315. The number of rotatable bonds is 7. The quantitative estimate of drug-likeness (QED) is 0.507. The topological polar surface area (TPSA) is 117 Å². The van der Waals surface area contributed by atoms with Gasteiger partial charge in [0.15, 0.2) is 9.84 Å². The Morgan fingerprint density at radius 1 is 1.24 bits per heavy atom. The molecule has 0 fully saturated rings. The summed E-state index contributed by atoms with van der Waals surface area (Å²) < 4.78 is 36.8. The molecule has 174 valence electrons. The summed E-state index contributed by atoms with van der Waals surface area (Å²) in [7, 11) is -1.35. The number of hydrogen-bond acceptors (Lipinski definition) is 8. The summed E-state index contributed by atoms with van der Waals surface area (Å²) in [6, 6.07) is 6.59. The molecule has 0 spiro atoms. The molecule has 0 saturated carbocycles. The summed E-state index contributed by atoms with van der Waals surface area (Å²) in [5, 5.41) is 3.06. The van der Waals surface area contributed by atoms with Crippen LogP contribution in [0.3, 0.4) is 0 Å². The number of esters is 1. The summed E-state index contributed by atoms with van der Waals surface area (Å²) >= 11 is 1.11. The molecule has 11 heteroatoms. The van der Waals surface area contributed by atoms with Crippen LogP contribution in [0.25, 0.3) is 0 Å². The lowest BCUT2D eigenvalue weighted by Crippen LogP contribution is -2.20. The predicted octanol–water partition coefficient (Wildman–Crippen LogP) is 2.96. The van der Waals surface area contributed by atoms with Crippen LogP contribution in [0.15, 0.2) is 36.7 Å². The Morgan fingerprint density at radius 3 is 2.67 bits per heavy atom. The van der Waals surface area contributed by atoms with Gasteiger partial charge in [-0.3, -0.25) is 4.79 Å². The van der Waals surface area contributed by atoms with Gasteiger partial charge in [0, 0.05) is 29.9 Å². The van der Waals surface area contributed by atoms with Crippen molar-refractivity contribution in [2.75, 3.05) is 17.7 Å². The first-order valence-electron chi connectivity index (χ1n) is 10.3. The third kappa shape index (κ3) is 5.09. The van der Waals surface area contributed by atoms with Gasteiger partial charge in [0.2, 0.25) is 0 Å². The van der Waals surface area contributed by atoms with E-state index in [9.17, 15) is 18.0 Å². The smallest absolute Gasteiger partial charge is 0.341 e. The first-order valence-corrected chi connectivity index (χ1v) is 12.9. The molecule has 33 heavy (non-hydrogen) atoms. The lowest BCUT2D eigenvalue weighted by molar-refractivity contribution is 0.0527. The third-order valence-electron chi connectivity index (χ3n) is 5.22. The molecule has 4 rings (SSSR count). The molecular formula is C22H23N3O6S2. The molecule has 1 aliphatic rings. The van der Waals surface area contributed by atoms with E-state index in [1.807, 2.05) is 17.8 Å². The average Bonchev–Trinajstić information content (AvgIpc) is 3.34. The highest BCUT2D eigenvalue weighted by atomic mass is 32.2. The first kappa shape index (κ1) is 23.0. The number of fused-ring (bicyclic) bond motifs is 1. The molecule has 3 aromatic rings. The highest BCUT2D eigenvalue weighted by Crippen LogP contribution is 2.38. The lowest BCUT2D eigenvalue weighted by atomic mass is 10.1. The number of amides is 1. The number of ether oxygens (including phenoxy) is 2. The molecule has 0 unspecified atom stereocenters. The molecule has 3 heterocycles. The maximum absolute atomic E-state index is 12.9. The number of benzene rings is 1. The number of aromatic nitrogens is 2. The number of anilines is 1. The number of carbonyl (C=O) groups is 2. The number of nitrogens with zero attached hydrogens (tertiary/aromatic N) is 2. The number of hydrogen-bond donors (Lipinski definition) is 1. The van der Waals surface area contributed by atoms with Gasteiger partial charge >= 0.3 is 5.97 Å².